The van der Waals surface area contributed by atoms with Gasteiger partial charge >= 0.3 is 11.0 Å². The molecule has 1 heterocycles. The third-order valence-electron chi connectivity index (χ3n) is 2.37. The number of hydrogen-bond donors (Lipinski definition) is 0. The van der Waals surface area contributed by atoms with Crippen LogP contribution in [-0.4, -0.2) is 24.1 Å². The van der Waals surface area contributed by atoms with E-state index < -0.39 is 10.9 Å². The van der Waals surface area contributed by atoms with Crippen molar-refractivity contribution in [2.75, 3.05) is 13.2 Å². The van der Waals surface area contributed by atoms with Gasteiger partial charge in [-0.05, 0) is 30.3 Å². The predicted octanol–water partition coefficient (Wildman–Crippen LogP) is 3.65. The van der Waals surface area contributed by atoms with Crippen LogP contribution in [-0.2, 0) is 4.74 Å². The summed E-state index contributed by atoms with van der Waals surface area (Å²) in [5, 5.41) is 10.4. The van der Waals surface area contributed by atoms with Gasteiger partial charge in [0.25, 0.3) is 0 Å². The summed E-state index contributed by atoms with van der Waals surface area (Å²) in [6, 6.07) is 9.90. The summed E-state index contributed by atoms with van der Waals surface area (Å²) in [4.78, 5) is 21.8. The summed E-state index contributed by atoms with van der Waals surface area (Å²) < 4.78 is 11.3. The Morgan fingerprint density at radius 2 is 1.90 bits per heavy atom. The zero-order valence-electron chi connectivity index (χ0n) is 10.7. The third-order valence-corrected chi connectivity index (χ3v) is 3.92. The Balaban J connectivity index is 1.76. The molecular weight excluding hydrogens is 362 g/mol. The van der Waals surface area contributed by atoms with Crippen molar-refractivity contribution >= 4 is 38.2 Å². The predicted molar refractivity (Wildman–Crippen MR) is 80.9 cm³/mol. The molecule has 1 aromatic heterocycles. The first-order chi connectivity index (χ1) is 10.1. The van der Waals surface area contributed by atoms with E-state index in [-0.39, 0.29) is 23.1 Å². The van der Waals surface area contributed by atoms with E-state index in [0.29, 0.717) is 5.75 Å². The molecule has 0 amide bonds. The van der Waals surface area contributed by atoms with Gasteiger partial charge in [-0.15, -0.1) is 0 Å². The SMILES string of the molecule is O=C(OCCOc1ccc(Br)cc1)c1ccc([N+](=O)[O-])s1. The number of benzene rings is 1. The molecule has 0 saturated carbocycles. The van der Waals surface area contributed by atoms with E-state index in [1.165, 1.54) is 12.1 Å². The fraction of sp³-hybridized carbons (Fsp3) is 0.154. The lowest BCUT2D eigenvalue weighted by Crippen LogP contribution is -2.11. The van der Waals surface area contributed by atoms with Crippen molar-refractivity contribution in [3.8, 4) is 5.75 Å². The van der Waals surface area contributed by atoms with Crippen LogP contribution >= 0.6 is 27.3 Å². The number of rotatable bonds is 6. The zero-order valence-corrected chi connectivity index (χ0v) is 13.1. The van der Waals surface area contributed by atoms with Crippen LogP contribution in [0.25, 0.3) is 0 Å². The second-order valence-electron chi connectivity index (χ2n) is 3.83. The lowest BCUT2D eigenvalue weighted by atomic mass is 10.3. The van der Waals surface area contributed by atoms with Crippen LogP contribution in [0.2, 0.25) is 0 Å². The molecule has 0 saturated heterocycles. The van der Waals surface area contributed by atoms with Gasteiger partial charge in [0.1, 0.15) is 23.8 Å². The first-order valence-electron chi connectivity index (χ1n) is 5.86. The average Bonchev–Trinajstić information content (AvgIpc) is 2.95. The lowest BCUT2D eigenvalue weighted by Gasteiger charge is -2.06. The van der Waals surface area contributed by atoms with Gasteiger partial charge < -0.3 is 9.47 Å². The van der Waals surface area contributed by atoms with Gasteiger partial charge in [0.15, 0.2) is 0 Å². The van der Waals surface area contributed by atoms with Gasteiger partial charge in [-0.1, -0.05) is 27.3 Å². The molecule has 110 valence electrons. The number of halogens is 1. The molecule has 0 bridgehead atoms. The van der Waals surface area contributed by atoms with Crippen LogP contribution in [0.5, 0.6) is 5.75 Å². The van der Waals surface area contributed by atoms with Crippen molar-refractivity contribution < 1.29 is 19.2 Å². The van der Waals surface area contributed by atoms with Crippen molar-refractivity contribution in [3.63, 3.8) is 0 Å². The molecule has 0 spiro atoms. The van der Waals surface area contributed by atoms with Crippen LogP contribution in [0.1, 0.15) is 9.67 Å². The fourth-order valence-electron chi connectivity index (χ4n) is 1.43. The van der Waals surface area contributed by atoms with Gasteiger partial charge in [-0.25, -0.2) is 4.79 Å². The van der Waals surface area contributed by atoms with Crippen LogP contribution in [0.3, 0.4) is 0 Å². The summed E-state index contributed by atoms with van der Waals surface area (Å²) in [5.74, 6) is 0.0773. The molecular formula is C13H10BrNO5S. The Hall–Kier alpha value is -1.93. The van der Waals surface area contributed by atoms with Crippen LogP contribution in [0.4, 0.5) is 5.00 Å². The van der Waals surface area contributed by atoms with Crippen molar-refractivity contribution in [1.29, 1.82) is 0 Å². The number of hydrogen-bond acceptors (Lipinski definition) is 6. The summed E-state index contributed by atoms with van der Waals surface area (Å²) in [7, 11) is 0. The van der Waals surface area contributed by atoms with E-state index in [9.17, 15) is 14.9 Å². The zero-order chi connectivity index (χ0) is 15.2. The molecule has 2 aromatic rings. The minimum Gasteiger partial charge on any atom is -0.490 e. The maximum atomic E-state index is 11.6. The van der Waals surface area contributed by atoms with E-state index >= 15 is 0 Å². The van der Waals surface area contributed by atoms with E-state index in [2.05, 4.69) is 15.9 Å². The quantitative estimate of drug-likeness (QED) is 0.335. The molecule has 0 N–H and O–H groups in total. The largest absolute Gasteiger partial charge is 0.490 e. The number of esters is 1. The molecule has 6 nitrogen and oxygen atoms in total. The summed E-state index contributed by atoms with van der Waals surface area (Å²) >= 11 is 4.10. The van der Waals surface area contributed by atoms with Gasteiger partial charge in [0.05, 0.1) is 4.92 Å². The topological polar surface area (TPSA) is 78.7 Å². The minimum absolute atomic E-state index is 0.0700. The van der Waals surface area contributed by atoms with Crippen LogP contribution < -0.4 is 4.74 Å². The smallest absolute Gasteiger partial charge is 0.348 e. The summed E-state index contributed by atoms with van der Waals surface area (Å²) in [6.07, 6.45) is 0. The number of ether oxygens (including phenoxy) is 2. The molecule has 0 aliphatic carbocycles. The highest BCUT2D eigenvalue weighted by Crippen LogP contribution is 2.24. The lowest BCUT2D eigenvalue weighted by molar-refractivity contribution is -0.380. The van der Waals surface area contributed by atoms with Crippen LogP contribution in [0, 0.1) is 10.1 Å². The number of nitrogens with zero attached hydrogens (tertiary/aromatic N) is 1. The van der Waals surface area contributed by atoms with E-state index in [1.807, 2.05) is 12.1 Å². The average molecular weight is 372 g/mol. The molecule has 2 rings (SSSR count). The molecule has 21 heavy (non-hydrogen) atoms. The van der Waals surface area contributed by atoms with E-state index in [0.717, 1.165) is 15.8 Å². The Kier molecular flexibility index (Phi) is 5.29. The fourth-order valence-corrected chi connectivity index (χ4v) is 2.41. The second kappa shape index (κ2) is 7.19. The molecule has 0 fully saturated rings. The first-order valence-corrected chi connectivity index (χ1v) is 7.47. The van der Waals surface area contributed by atoms with Crippen molar-refractivity contribution in [3.05, 3.63) is 55.9 Å². The first kappa shape index (κ1) is 15.5. The van der Waals surface area contributed by atoms with Crippen molar-refractivity contribution in [1.82, 2.24) is 0 Å². The molecule has 8 heteroatoms. The summed E-state index contributed by atoms with van der Waals surface area (Å²) in [5.41, 5.74) is 0. The molecule has 0 unspecified atom stereocenters. The van der Waals surface area contributed by atoms with E-state index in [1.54, 1.807) is 12.1 Å². The third kappa shape index (κ3) is 4.54. The second-order valence-corrected chi connectivity index (χ2v) is 5.81. The Morgan fingerprint density at radius 3 is 2.52 bits per heavy atom. The highest BCUT2D eigenvalue weighted by molar-refractivity contribution is 9.10. The Bertz CT molecular complexity index is 640. The Morgan fingerprint density at radius 1 is 1.19 bits per heavy atom. The van der Waals surface area contributed by atoms with Crippen LogP contribution in [0.15, 0.2) is 40.9 Å². The van der Waals surface area contributed by atoms with Gasteiger partial charge in [0.2, 0.25) is 0 Å². The Labute approximate surface area is 132 Å². The number of nitro groups is 1. The molecule has 0 atom stereocenters. The highest BCUT2D eigenvalue weighted by atomic mass is 79.9. The molecule has 1 aromatic carbocycles. The molecule has 0 aliphatic rings. The molecule has 0 aliphatic heterocycles. The van der Waals surface area contributed by atoms with Crippen molar-refractivity contribution in [2.45, 2.75) is 0 Å². The maximum Gasteiger partial charge on any atom is 0.348 e. The number of carbonyl (C=O) groups excluding carboxylic acids is 1. The van der Waals surface area contributed by atoms with Gasteiger partial charge in [0, 0.05) is 10.5 Å². The van der Waals surface area contributed by atoms with Gasteiger partial charge in [-0.2, -0.15) is 0 Å². The standard InChI is InChI=1S/C13H10BrNO5S/c14-9-1-3-10(4-2-9)19-7-8-20-13(16)11-5-6-12(21-11)15(17)18/h1-6H,7-8H2. The summed E-state index contributed by atoms with van der Waals surface area (Å²) in [6.45, 7) is 0.279. The number of carbonyl (C=O) groups is 1. The normalized spacial score (nSPS) is 10.1. The van der Waals surface area contributed by atoms with Crippen molar-refractivity contribution in [2.24, 2.45) is 0 Å². The van der Waals surface area contributed by atoms with E-state index in [4.69, 9.17) is 9.47 Å². The monoisotopic (exact) mass is 371 g/mol. The highest BCUT2D eigenvalue weighted by Gasteiger charge is 2.16. The minimum atomic E-state index is -0.590. The van der Waals surface area contributed by atoms with Gasteiger partial charge in [-0.3, -0.25) is 10.1 Å². The maximum absolute atomic E-state index is 11.6. The molecule has 0 radical (unpaired) electrons. The number of thiophene rings is 1.